The number of rotatable bonds is 5. The Kier molecular flexibility index (Phi) is 5.19. The van der Waals surface area contributed by atoms with Crippen LogP contribution in [0.2, 0.25) is 0 Å². The molecule has 1 fully saturated rings. The van der Waals surface area contributed by atoms with Crippen molar-refractivity contribution >= 4 is 51.1 Å². The highest BCUT2D eigenvalue weighted by molar-refractivity contribution is 8.15. The summed E-state index contributed by atoms with van der Waals surface area (Å²) in [5.74, 6) is -1.21. The fraction of sp³-hybridized carbons (Fsp3) is 0.385. The van der Waals surface area contributed by atoms with Crippen molar-refractivity contribution in [2.75, 3.05) is 11.9 Å². The molecule has 118 valence electrons. The van der Waals surface area contributed by atoms with Gasteiger partial charge < -0.3 is 15.4 Å². The average molecular weight is 341 g/mol. The van der Waals surface area contributed by atoms with Crippen LogP contribution in [0.4, 0.5) is 5.00 Å². The van der Waals surface area contributed by atoms with Gasteiger partial charge in [-0.15, -0.1) is 11.3 Å². The summed E-state index contributed by atoms with van der Waals surface area (Å²) in [4.78, 5) is 35.5. The van der Waals surface area contributed by atoms with Gasteiger partial charge in [0, 0.05) is 6.42 Å². The summed E-state index contributed by atoms with van der Waals surface area (Å²) >= 11 is 2.25. The monoisotopic (exact) mass is 341 g/mol. The maximum absolute atomic E-state index is 12.0. The maximum atomic E-state index is 12.0. The molecule has 0 bridgehead atoms. The number of aryl methyl sites for hydroxylation is 1. The van der Waals surface area contributed by atoms with E-state index in [2.05, 4.69) is 10.6 Å². The molecule has 9 heteroatoms. The Balaban J connectivity index is 2.04. The molecule has 1 aromatic heterocycles. The highest BCUT2D eigenvalue weighted by Crippen LogP contribution is 2.29. The van der Waals surface area contributed by atoms with E-state index in [1.54, 1.807) is 19.2 Å². The van der Waals surface area contributed by atoms with Gasteiger partial charge in [-0.1, -0.05) is 11.8 Å². The minimum Gasteiger partial charge on any atom is -0.462 e. The summed E-state index contributed by atoms with van der Waals surface area (Å²) in [6.07, 6.45) is -0.0574. The van der Waals surface area contributed by atoms with E-state index in [0.717, 1.165) is 17.3 Å². The predicted molar refractivity (Wildman–Crippen MR) is 85.5 cm³/mol. The van der Waals surface area contributed by atoms with E-state index in [9.17, 15) is 14.4 Å². The lowest BCUT2D eigenvalue weighted by atomic mass is 10.2. The van der Waals surface area contributed by atoms with Crippen LogP contribution in [0.15, 0.2) is 5.38 Å². The molecule has 2 rings (SSSR count). The second kappa shape index (κ2) is 6.93. The average Bonchev–Trinajstić information content (AvgIpc) is 2.93. The molecule has 0 saturated carbocycles. The third-order valence-corrected chi connectivity index (χ3v) is 4.88. The maximum Gasteiger partial charge on any atom is 0.341 e. The first-order valence-electron chi connectivity index (χ1n) is 6.53. The van der Waals surface area contributed by atoms with E-state index in [1.807, 2.05) is 0 Å². The Bertz CT molecular complexity index is 641. The number of thioether (sulfide) groups is 1. The molecule has 1 unspecified atom stereocenters. The molecule has 2 heterocycles. The van der Waals surface area contributed by atoms with E-state index in [-0.39, 0.29) is 30.0 Å². The summed E-state index contributed by atoms with van der Waals surface area (Å²) < 4.78 is 4.97. The summed E-state index contributed by atoms with van der Waals surface area (Å²) in [5, 5.41) is 14.0. The molecule has 22 heavy (non-hydrogen) atoms. The van der Waals surface area contributed by atoms with E-state index >= 15 is 0 Å². The van der Waals surface area contributed by atoms with Gasteiger partial charge in [0.1, 0.15) is 10.3 Å². The van der Waals surface area contributed by atoms with Crippen molar-refractivity contribution in [1.29, 1.82) is 5.41 Å². The molecule has 2 amide bonds. The highest BCUT2D eigenvalue weighted by atomic mass is 32.2. The fourth-order valence-corrected chi connectivity index (χ4v) is 3.68. The van der Waals surface area contributed by atoms with E-state index < -0.39 is 11.2 Å². The molecule has 3 N–H and O–H groups in total. The molecule has 0 spiro atoms. The molecule has 1 aliphatic heterocycles. The number of thiophene rings is 1. The summed E-state index contributed by atoms with van der Waals surface area (Å²) in [6, 6.07) is 0. The summed E-state index contributed by atoms with van der Waals surface area (Å²) in [7, 11) is 0. The number of ether oxygens (including phenoxy) is 1. The molecule has 1 aliphatic rings. The zero-order chi connectivity index (χ0) is 16.3. The van der Waals surface area contributed by atoms with Crippen molar-refractivity contribution < 1.29 is 19.1 Å². The van der Waals surface area contributed by atoms with Crippen molar-refractivity contribution in [3.63, 3.8) is 0 Å². The second-order valence-electron chi connectivity index (χ2n) is 4.52. The first kappa shape index (κ1) is 16.5. The third-order valence-electron chi connectivity index (χ3n) is 2.87. The zero-order valence-electron chi connectivity index (χ0n) is 12.0. The van der Waals surface area contributed by atoms with Gasteiger partial charge in [-0.05, 0) is 24.8 Å². The second-order valence-corrected chi connectivity index (χ2v) is 6.61. The van der Waals surface area contributed by atoms with Crippen LogP contribution in [-0.2, 0) is 14.3 Å². The number of anilines is 1. The van der Waals surface area contributed by atoms with E-state index in [1.165, 1.54) is 11.3 Å². The van der Waals surface area contributed by atoms with Crippen molar-refractivity contribution in [2.45, 2.75) is 25.5 Å². The molecular weight excluding hydrogens is 326 g/mol. The lowest BCUT2D eigenvalue weighted by Crippen LogP contribution is -2.28. The van der Waals surface area contributed by atoms with Gasteiger partial charge in [-0.2, -0.15) is 0 Å². The van der Waals surface area contributed by atoms with Gasteiger partial charge in [0.15, 0.2) is 5.17 Å². The van der Waals surface area contributed by atoms with Gasteiger partial charge in [0.2, 0.25) is 11.8 Å². The van der Waals surface area contributed by atoms with Crippen LogP contribution in [0.3, 0.4) is 0 Å². The van der Waals surface area contributed by atoms with Crippen molar-refractivity contribution in [2.24, 2.45) is 0 Å². The van der Waals surface area contributed by atoms with Crippen molar-refractivity contribution in [1.82, 2.24) is 5.32 Å². The Morgan fingerprint density at radius 2 is 2.23 bits per heavy atom. The van der Waals surface area contributed by atoms with Crippen LogP contribution >= 0.6 is 23.1 Å². The topological polar surface area (TPSA) is 108 Å². The zero-order valence-corrected chi connectivity index (χ0v) is 13.7. The van der Waals surface area contributed by atoms with Crippen molar-refractivity contribution in [3.8, 4) is 0 Å². The fourth-order valence-electron chi connectivity index (χ4n) is 1.89. The van der Waals surface area contributed by atoms with Crippen LogP contribution in [-0.4, -0.2) is 34.8 Å². The van der Waals surface area contributed by atoms with Gasteiger partial charge in [0.05, 0.1) is 12.2 Å². The van der Waals surface area contributed by atoms with Crippen LogP contribution in [0.1, 0.15) is 29.3 Å². The van der Waals surface area contributed by atoms with Gasteiger partial charge in [-0.25, -0.2) is 4.79 Å². The van der Waals surface area contributed by atoms with E-state index in [0.29, 0.717) is 10.6 Å². The molecule has 1 saturated heterocycles. The Hall–Kier alpha value is -1.87. The predicted octanol–water partition coefficient (Wildman–Crippen LogP) is 1.73. The van der Waals surface area contributed by atoms with Gasteiger partial charge in [0.25, 0.3) is 0 Å². The standard InChI is InChI=1S/C13H15N3O4S2/c1-3-20-12(19)9-6(2)5-21-11(9)15-8(17)4-7-10(18)16-13(14)22-7/h5,7H,3-4H2,1-2H3,(H,15,17)(H2,14,16,18). The lowest BCUT2D eigenvalue weighted by Gasteiger charge is -2.08. The highest BCUT2D eigenvalue weighted by Gasteiger charge is 2.31. The third kappa shape index (κ3) is 3.66. The molecule has 0 radical (unpaired) electrons. The molecule has 0 aromatic carbocycles. The largest absolute Gasteiger partial charge is 0.462 e. The van der Waals surface area contributed by atoms with Gasteiger partial charge >= 0.3 is 5.97 Å². The Morgan fingerprint density at radius 1 is 1.50 bits per heavy atom. The number of esters is 1. The van der Waals surface area contributed by atoms with Crippen LogP contribution in [0.5, 0.6) is 0 Å². The number of hydrogen-bond donors (Lipinski definition) is 3. The molecule has 0 aliphatic carbocycles. The Morgan fingerprint density at radius 3 is 2.82 bits per heavy atom. The summed E-state index contributed by atoms with van der Waals surface area (Å²) in [5.41, 5.74) is 1.07. The smallest absolute Gasteiger partial charge is 0.341 e. The number of amidine groups is 1. The van der Waals surface area contributed by atoms with Crippen molar-refractivity contribution in [3.05, 3.63) is 16.5 Å². The molecular formula is C13H15N3O4S2. The minimum atomic E-state index is -0.611. The normalized spacial score (nSPS) is 17.3. The first-order valence-corrected chi connectivity index (χ1v) is 8.29. The van der Waals surface area contributed by atoms with Crippen LogP contribution in [0.25, 0.3) is 0 Å². The number of hydrogen-bond acceptors (Lipinski definition) is 7. The van der Waals surface area contributed by atoms with E-state index in [4.69, 9.17) is 10.1 Å². The lowest BCUT2D eigenvalue weighted by molar-refractivity contribution is -0.122. The first-order chi connectivity index (χ1) is 10.4. The quantitative estimate of drug-likeness (QED) is 0.707. The number of nitrogens with one attached hydrogen (secondary N) is 3. The number of carbonyl (C=O) groups excluding carboxylic acids is 3. The molecule has 1 atom stereocenters. The molecule has 1 aromatic rings. The van der Waals surface area contributed by atoms with Gasteiger partial charge in [-0.3, -0.25) is 15.0 Å². The summed E-state index contributed by atoms with van der Waals surface area (Å²) in [6.45, 7) is 3.73. The SMILES string of the molecule is CCOC(=O)c1c(C)csc1NC(=O)CC1SC(=N)NC1=O. The number of amides is 2. The number of carbonyl (C=O) groups is 3. The molecule has 7 nitrogen and oxygen atoms in total. The Labute approximate surface area is 135 Å². The minimum absolute atomic E-state index is 0.0435. The van der Waals surface area contributed by atoms with Crippen LogP contribution in [0, 0.1) is 12.3 Å². The van der Waals surface area contributed by atoms with Crippen LogP contribution < -0.4 is 10.6 Å².